The molecule has 0 aliphatic carbocycles. The van der Waals surface area contributed by atoms with Crippen molar-refractivity contribution in [2.24, 2.45) is 10.7 Å². The predicted molar refractivity (Wildman–Crippen MR) is 117 cm³/mol. The van der Waals surface area contributed by atoms with E-state index in [9.17, 15) is 8.42 Å². The van der Waals surface area contributed by atoms with Gasteiger partial charge in [0.25, 0.3) is 0 Å². The lowest BCUT2D eigenvalue weighted by molar-refractivity contribution is -0.0440. The number of halogens is 1. The van der Waals surface area contributed by atoms with E-state index in [1.165, 1.54) is 4.31 Å². The largest absolute Gasteiger partial charge is 0.373 e. The van der Waals surface area contributed by atoms with E-state index in [1.807, 2.05) is 39.8 Å². The first-order valence-electron chi connectivity index (χ1n) is 8.44. The van der Waals surface area contributed by atoms with E-state index in [-0.39, 0.29) is 54.4 Å². The van der Waals surface area contributed by atoms with Gasteiger partial charge in [-0.25, -0.2) is 8.42 Å². The van der Waals surface area contributed by atoms with Crippen LogP contribution >= 0.6 is 24.0 Å². The highest BCUT2D eigenvalue weighted by Gasteiger charge is 2.30. The molecule has 0 radical (unpaired) electrons. The third kappa shape index (κ3) is 7.01. The molecule has 0 bridgehead atoms. The second kappa shape index (κ2) is 9.86. The Morgan fingerprint density at radius 3 is 2.31 bits per heavy atom. The monoisotopic (exact) mass is 496 g/mol. The smallest absolute Gasteiger partial charge is 0.216 e. The second-order valence-corrected chi connectivity index (χ2v) is 8.75. The first kappa shape index (κ1) is 23.1. The molecular formula is C17H29IN4O3S. The van der Waals surface area contributed by atoms with E-state index < -0.39 is 10.0 Å². The number of ether oxygens (including phenoxy) is 1. The number of benzene rings is 1. The minimum atomic E-state index is -3.37. The van der Waals surface area contributed by atoms with Gasteiger partial charge in [-0.2, -0.15) is 4.31 Å². The lowest BCUT2D eigenvalue weighted by atomic mass is 10.1. The average Bonchev–Trinajstić information content (AvgIpc) is 2.44. The fourth-order valence-electron chi connectivity index (χ4n) is 3.00. The zero-order valence-electron chi connectivity index (χ0n) is 15.7. The van der Waals surface area contributed by atoms with Gasteiger partial charge >= 0.3 is 0 Å². The quantitative estimate of drug-likeness (QED) is 0.370. The van der Waals surface area contributed by atoms with Crippen LogP contribution in [0.15, 0.2) is 23.2 Å². The van der Waals surface area contributed by atoms with Crippen LogP contribution in [0.3, 0.4) is 0 Å². The van der Waals surface area contributed by atoms with Crippen molar-refractivity contribution in [1.82, 2.24) is 4.31 Å². The Hall–Kier alpha value is -0.910. The van der Waals surface area contributed by atoms with E-state index in [2.05, 4.69) is 16.4 Å². The summed E-state index contributed by atoms with van der Waals surface area (Å²) < 4.78 is 31.9. The highest BCUT2D eigenvalue weighted by atomic mass is 127. The lowest BCUT2D eigenvalue weighted by Crippen LogP contribution is -2.49. The van der Waals surface area contributed by atoms with Crippen LogP contribution in [0.2, 0.25) is 0 Å². The number of aliphatic imine (C=N–C) groups is 1. The molecule has 2 unspecified atom stereocenters. The van der Waals surface area contributed by atoms with Gasteiger partial charge in [-0.1, -0.05) is 6.07 Å². The number of guanidine groups is 1. The fourth-order valence-corrected chi connectivity index (χ4v) is 4.46. The Kier molecular flexibility index (Phi) is 8.77. The van der Waals surface area contributed by atoms with E-state index in [0.717, 1.165) is 16.8 Å². The number of morpholine rings is 1. The zero-order chi connectivity index (χ0) is 18.6. The van der Waals surface area contributed by atoms with Gasteiger partial charge in [0.15, 0.2) is 5.96 Å². The second-order valence-electron chi connectivity index (χ2n) is 6.66. The Morgan fingerprint density at radius 2 is 1.77 bits per heavy atom. The average molecular weight is 496 g/mol. The summed E-state index contributed by atoms with van der Waals surface area (Å²) in [6, 6.07) is 5.99. The van der Waals surface area contributed by atoms with E-state index in [0.29, 0.717) is 13.1 Å². The number of hydrogen-bond donors (Lipinski definition) is 2. The van der Waals surface area contributed by atoms with E-state index in [4.69, 9.17) is 10.5 Å². The summed E-state index contributed by atoms with van der Waals surface area (Å²) in [5, 5.41) is 3.00. The van der Waals surface area contributed by atoms with E-state index in [1.54, 1.807) is 0 Å². The molecule has 0 spiro atoms. The van der Waals surface area contributed by atoms with Crippen molar-refractivity contribution in [3.05, 3.63) is 29.3 Å². The van der Waals surface area contributed by atoms with Crippen LogP contribution in [0.4, 0.5) is 5.69 Å². The van der Waals surface area contributed by atoms with Crippen LogP contribution in [0, 0.1) is 13.8 Å². The molecular weight excluding hydrogens is 467 g/mol. The molecule has 1 aromatic rings. The number of nitrogens with one attached hydrogen (secondary N) is 1. The molecule has 1 aliphatic rings. The Balaban J connectivity index is 0.00000338. The maximum absolute atomic E-state index is 12.4. The Labute approximate surface area is 173 Å². The highest BCUT2D eigenvalue weighted by Crippen LogP contribution is 2.15. The molecule has 1 heterocycles. The molecule has 0 amide bonds. The summed E-state index contributed by atoms with van der Waals surface area (Å²) >= 11 is 0. The number of rotatable bonds is 5. The van der Waals surface area contributed by atoms with Crippen molar-refractivity contribution in [3.63, 3.8) is 0 Å². The third-order valence-corrected chi connectivity index (χ3v) is 5.69. The number of aryl methyl sites for hydroxylation is 2. The molecule has 1 aliphatic heterocycles. The lowest BCUT2D eigenvalue weighted by Gasteiger charge is -2.34. The van der Waals surface area contributed by atoms with Crippen molar-refractivity contribution in [2.75, 3.05) is 30.7 Å². The zero-order valence-corrected chi connectivity index (χ0v) is 18.9. The normalized spacial score (nSPS) is 21.9. The van der Waals surface area contributed by atoms with Crippen LogP contribution < -0.4 is 11.1 Å². The molecule has 0 aromatic heterocycles. The summed E-state index contributed by atoms with van der Waals surface area (Å²) in [5.41, 5.74) is 8.95. The molecule has 1 fully saturated rings. The van der Waals surface area contributed by atoms with Gasteiger partial charge in [0.2, 0.25) is 10.0 Å². The predicted octanol–water partition coefficient (Wildman–Crippen LogP) is 2.09. The van der Waals surface area contributed by atoms with Crippen molar-refractivity contribution < 1.29 is 13.2 Å². The van der Waals surface area contributed by atoms with Gasteiger partial charge in [-0.05, 0) is 51.0 Å². The molecule has 2 rings (SSSR count). The van der Waals surface area contributed by atoms with Gasteiger partial charge in [-0.15, -0.1) is 24.0 Å². The SMILES string of the molecule is Cc1cc(C)cc(NC(N)=NCCS(=O)(=O)N2CC(C)OC(C)C2)c1.I. The molecule has 0 saturated carbocycles. The summed E-state index contributed by atoms with van der Waals surface area (Å²) in [6.07, 6.45) is -0.198. The first-order chi connectivity index (χ1) is 11.7. The molecule has 2 atom stereocenters. The van der Waals surface area contributed by atoms with Gasteiger partial charge in [0.05, 0.1) is 24.5 Å². The maximum Gasteiger partial charge on any atom is 0.216 e. The number of nitrogens with zero attached hydrogens (tertiary/aromatic N) is 2. The molecule has 7 nitrogen and oxygen atoms in total. The number of hydrogen-bond acceptors (Lipinski definition) is 4. The number of sulfonamides is 1. The van der Waals surface area contributed by atoms with Gasteiger partial charge in [0, 0.05) is 18.8 Å². The van der Waals surface area contributed by atoms with E-state index >= 15 is 0 Å². The minimum Gasteiger partial charge on any atom is -0.373 e. The Bertz CT molecular complexity index is 709. The van der Waals surface area contributed by atoms with Crippen LogP contribution in [0.1, 0.15) is 25.0 Å². The summed E-state index contributed by atoms with van der Waals surface area (Å²) in [7, 11) is -3.37. The molecule has 3 N–H and O–H groups in total. The van der Waals surface area contributed by atoms with Gasteiger partial charge in [-0.3, -0.25) is 4.99 Å². The Morgan fingerprint density at radius 1 is 1.23 bits per heavy atom. The van der Waals surface area contributed by atoms with Crippen molar-refractivity contribution in [1.29, 1.82) is 0 Å². The summed E-state index contributed by atoms with van der Waals surface area (Å²) in [6.45, 7) is 8.64. The molecule has 1 aromatic carbocycles. The van der Waals surface area contributed by atoms with Crippen LogP contribution in [0.5, 0.6) is 0 Å². The number of anilines is 1. The van der Waals surface area contributed by atoms with Crippen molar-refractivity contribution >= 4 is 45.6 Å². The topological polar surface area (TPSA) is 97.0 Å². The van der Waals surface area contributed by atoms with Crippen molar-refractivity contribution in [3.8, 4) is 0 Å². The molecule has 26 heavy (non-hydrogen) atoms. The molecule has 9 heteroatoms. The molecule has 1 saturated heterocycles. The summed E-state index contributed by atoms with van der Waals surface area (Å²) in [5.74, 6) is 0.144. The van der Waals surface area contributed by atoms with Gasteiger partial charge in [0.1, 0.15) is 0 Å². The van der Waals surface area contributed by atoms with Crippen LogP contribution in [0.25, 0.3) is 0 Å². The molecule has 148 valence electrons. The summed E-state index contributed by atoms with van der Waals surface area (Å²) in [4.78, 5) is 4.14. The van der Waals surface area contributed by atoms with Crippen LogP contribution in [-0.4, -0.2) is 56.3 Å². The maximum atomic E-state index is 12.4. The highest BCUT2D eigenvalue weighted by molar-refractivity contribution is 14.0. The van der Waals surface area contributed by atoms with Crippen LogP contribution in [-0.2, 0) is 14.8 Å². The minimum absolute atomic E-state index is 0. The first-order valence-corrected chi connectivity index (χ1v) is 10.0. The fraction of sp³-hybridized carbons (Fsp3) is 0.588. The number of nitrogens with two attached hydrogens (primary N) is 1. The standard InChI is InChI=1S/C17H28N4O3S.HI/c1-12-7-13(2)9-16(8-12)20-17(18)19-5-6-25(22,23)21-10-14(3)24-15(4)11-21;/h7-9,14-15H,5-6,10-11H2,1-4H3,(H3,18,19,20);1H. The van der Waals surface area contributed by atoms with Crippen molar-refractivity contribution in [2.45, 2.75) is 39.9 Å². The van der Waals surface area contributed by atoms with Gasteiger partial charge < -0.3 is 15.8 Å². The third-order valence-electron chi connectivity index (χ3n) is 3.90.